The van der Waals surface area contributed by atoms with Gasteiger partial charge in [0.1, 0.15) is 5.75 Å². The van der Waals surface area contributed by atoms with Gasteiger partial charge in [0.05, 0.1) is 11.3 Å². The molecule has 0 aliphatic carbocycles. The number of carbonyl (C=O) groups is 1. The third-order valence-corrected chi connectivity index (χ3v) is 7.23. The van der Waals surface area contributed by atoms with Crippen LogP contribution in [0.15, 0.2) is 47.4 Å². The van der Waals surface area contributed by atoms with Gasteiger partial charge in [-0.05, 0) is 66.6 Å². The Morgan fingerprint density at radius 3 is 2.28 bits per heavy atom. The fourth-order valence-corrected chi connectivity index (χ4v) is 5.24. The normalized spacial score (nSPS) is 15.4. The summed E-state index contributed by atoms with van der Waals surface area (Å²) in [6.45, 7) is 7.41. The Morgan fingerprint density at radius 2 is 1.69 bits per heavy atom. The molecule has 0 atom stereocenters. The first-order chi connectivity index (χ1) is 13.8. The fourth-order valence-electron chi connectivity index (χ4n) is 3.73. The van der Waals surface area contributed by atoms with E-state index in [0.29, 0.717) is 24.8 Å². The van der Waals surface area contributed by atoms with Crippen molar-refractivity contribution in [2.45, 2.75) is 57.3 Å². The first-order valence-corrected chi connectivity index (χ1v) is 11.6. The van der Waals surface area contributed by atoms with Gasteiger partial charge in [-0.25, -0.2) is 8.42 Å². The average molecular weight is 416 g/mol. The van der Waals surface area contributed by atoms with Crippen LogP contribution in [0, 0.1) is 6.92 Å². The molecule has 1 fully saturated rings. The molecule has 6 heteroatoms. The van der Waals surface area contributed by atoms with Crippen molar-refractivity contribution in [3.05, 3.63) is 59.2 Å². The second-order valence-corrected chi connectivity index (χ2v) is 9.87. The van der Waals surface area contributed by atoms with Gasteiger partial charge < -0.3 is 4.74 Å². The lowest BCUT2D eigenvalue weighted by molar-refractivity contribution is -0.133. The van der Waals surface area contributed by atoms with E-state index in [1.165, 1.54) is 5.56 Å². The minimum absolute atomic E-state index is 0.0923. The number of ether oxygens (including phenoxy) is 1. The van der Waals surface area contributed by atoms with Crippen molar-refractivity contribution in [2.24, 2.45) is 0 Å². The zero-order chi connectivity index (χ0) is 21.0. The molecule has 0 amide bonds. The quantitative estimate of drug-likeness (QED) is 0.517. The van der Waals surface area contributed by atoms with Crippen LogP contribution in [-0.4, -0.2) is 31.8 Å². The summed E-state index contributed by atoms with van der Waals surface area (Å²) in [5.74, 6) is 0.578. The molecule has 0 bridgehead atoms. The van der Waals surface area contributed by atoms with Gasteiger partial charge in [0.25, 0.3) is 0 Å². The summed E-state index contributed by atoms with van der Waals surface area (Å²) >= 11 is 0. The number of hydrogen-bond donors (Lipinski definition) is 0. The zero-order valence-corrected chi connectivity index (χ0v) is 18.2. The zero-order valence-electron chi connectivity index (χ0n) is 17.3. The molecule has 3 rings (SSSR count). The van der Waals surface area contributed by atoms with Gasteiger partial charge in [-0.15, -0.1) is 0 Å². The van der Waals surface area contributed by atoms with Gasteiger partial charge in [0.15, 0.2) is 0 Å². The van der Waals surface area contributed by atoms with Gasteiger partial charge in [-0.1, -0.05) is 38.5 Å². The smallest absolute Gasteiger partial charge is 0.315 e. The highest BCUT2D eigenvalue weighted by atomic mass is 32.2. The number of nitrogens with zero attached hydrogens (tertiary/aromatic N) is 1. The molecular formula is C23H29NO4S. The summed E-state index contributed by atoms with van der Waals surface area (Å²) in [7, 11) is -3.45. The molecule has 29 heavy (non-hydrogen) atoms. The van der Waals surface area contributed by atoms with E-state index in [1.54, 1.807) is 28.6 Å². The molecule has 0 unspecified atom stereocenters. The van der Waals surface area contributed by atoms with E-state index < -0.39 is 10.0 Å². The molecule has 0 aromatic heterocycles. The van der Waals surface area contributed by atoms with Gasteiger partial charge in [-0.3, -0.25) is 4.79 Å². The van der Waals surface area contributed by atoms with E-state index in [9.17, 15) is 13.2 Å². The molecule has 0 radical (unpaired) electrons. The minimum atomic E-state index is -3.45. The topological polar surface area (TPSA) is 63.7 Å². The Labute approximate surface area is 173 Å². The van der Waals surface area contributed by atoms with Crippen molar-refractivity contribution in [2.75, 3.05) is 13.1 Å². The van der Waals surface area contributed by atoms with Crippen LogP contribution in [0.2, 0.25) is 0 Å². The fraction of sp³-hybridized carbons (Fsp3) is 0.435. The number of piperidine rings is 1. The molecule has 2 aromatic carbocycles. The van der Waals surface area contributed by atoms with Gasteiger partial charge in [0.2, 0.25) is 10.0 Å². The van der Waals surface area contributed by atoms with Crippen LogP contribution in [0.1, 0.15) is 55.7 Å². The molecule has 1 saturated heterocycles. The van der Waals surface area contributed by atoms with E-state index in [1.807, 2.05) is 25.1 Å². The maximum absolute atomic E-state index is 12.7. The summed E-state index contributed by atoms with van der Waals surface area (Å²) in [5, 5.41) is 0. The molecule has 0 saturated carbocycles. The highest BCUT2D eigenvalue weighted by Gasteiger charge is 2.25. The standard InChI is InChI=1S/C23H29NO4S/c1-17(2)22-12-9-20(15-18(22)3)28-23(25)16-19-7-10-21(11-8-19)29(26,27)24-13-5-4-6-14-24/h7-12,15,17H,4-6,13-14,16H2,1-3H3. The summed E-state index contributed by atoms with van der Waals surface area (Å²) in [6, 6.07) is 12.2. The van der Waals surface area contributed by atoms with Crippen LogP contribution < -0.4 is 4.74 Å². The van der Waals surface area contributed by atoms with Crippen molar-refractivity contribution in [1.29, 1.82) is 0 Å². The van der Waals surface area contributed by atoms with Gasteiger partial charge in [0, 0.05) is 13.1 Å². The molecule has 5 nitrogen and oxygen atoms in total. The van der Waals surface area contributed by atoms with Crippen molar-refractivity contribution in [1.82, 2.24) is 4.31 Å². The predicted octanol–water partition coefficient (Wildman–Crippen LogP) is 4.44. The molecular weight excluding hydrogens is 386 g/mol. The van der Waals surface area contributed by atoms with Crippen LogP contribution in [-0.2, 0) is 21.2 Å². The molecule has 1 aliphatic rings. The number of sulfonamides is 1. The van der Waals surface area contributed by atoms with Crippen LogP contribution in [0.25, 0.3) is 0 Å². The predicted molar refractivity (Wildman–Crippen MR) is 114 cm³/mol. The lowest BCUT2D eigenvalue weighted by atomic mass is 9.98. The lowest BCUT2D eigenvalue weighted by Crippen LogP contribution is -2.35. The van der Waals surface area contributed by atoms with Crippen molar-refractivity contribution in [3.63, 3.8) is 0 Å². The van der Waals surface area contributed by atoms with E-state index >= 15 is 0 Å². The van der Waals surface area contributed by atoms with Crippen molar-refractivity contribution >= 4 is 16.0 Å². The first-order valence-electron chi connectivity index (χ1n) is 10.2. The number of carbonyl (C=O) groups excluding carboxylic acids is 1. The molecule has 2 aromatic rings. The van der Waals surface area contributed by atoms with Crippen molar-refractivity contribution < 1.29 is 17.9 Å². The van der Waals surface area contributed by atoms with Crippen LogP contribution in [0.5, 0.6) is 5.75 Å². The Hall–Kier alpha value is -2.18. The van der Waals surface area contributed by atoms with Gasteiger partial charge >= 0.3 is 5.97 Å². The SMILES string of the molecule is Cc1cc(OC(=O)Cc2ccc(S(=O)(=O)N3CCCCC3)cc2)ccc1C(C)C. The average Bonchev–Trinajstić information content (AvgIpc) is 2.69. The van der Waals surface area contributed by atoms with E-state index in [0.717, 1.165) is 30.4 Å². The summed E-state index contributed by atoms with van der Waals surface area (Å²) in [4.78, 5) is 12.6. The van der Waals surface area contributed by atoms with Crippen LogP contribution in [0.3, 0.4) is 0 Å². The molecule has 1 aliphatic heterocycles. The largest absolute Gasteiger partial charge is 0.426 e. The number of hydrogen-bond acceptors (Lipinski definition) is 4. The second kappa shape index (κ2) is 9.09. The summed E-state index contributed by atoms with van der Waals surface area (Å²) in [6.07, 6.45) is 2.98. The van der Waals surface area contributed by atoms with E-state index in [-0.39, 0.29) is 17.3 Å². The monoisotopic (exact) mass is 415 g/mol. The van der Waals surface area contributed by atoms with E-state index in [4.69, 9.17) is 4.74 Å². The summed E-state index contributed by atoms with van der Waals surface area (Å²) < 4.78 is 32.4. The second-order valence-electron chi connectivity index (χ2n) is 7.93. The summed E-state index contributed by atoms with van der Waals surface area (Å²) in [5.41, 5.74) is 3.05. The Bertz CT molecular complexity index is 959. The number of esters is 1. The van der Waals surface area contributed by atoms with Crippen LogP contribution in [0.4, 0.5) is 0 Å². The highest BCUT2D eigenvalue weighted by molar-refractivity contribution is 7.89. The first kappa shape index (κ1) is 21.5. The lowest BCUT2D eigenvalue weighted by Gasteiger charge is -2.25. The number of benzene rings is 2. The number of aryl methyl sites for hydroxylation is 1. The molecule has 0 spiro atoms. The van der Waals surface area contributed by atoms with Crippen molar-refractivity contribution in [3.8, 4) is 5.75 Å². The maximum Gasteiger partial charge on any atom is 0.315 e. The molecule has 156 valence electrons. The Kier molecular flexibility index (Phi) is 6.75. The number of rotatable bonds is 6. The third-order valence-electron chi connectivity index (χ3n) is 5.32. The highest BCUT2D eigenvalue weighted by Crippen LogP contribution is 2.24. The Morgan fingerprint density at radius 1 is 1.03 bits per heavy atom. The van der Waals surface area contributed by atoms with Gasteiger partial charge in [-0.2, -0.15) is 4.31 Å². The molecule has 0 N–H and O–H groups in total. The van der Waals surface area contributed by atoms with Crippen LogP contribution >= 0.6 is 0 Å². The van der Waals surface area contributed by atoms with E-state index in [2.05, 4.69) is 13.8 Å². The maximum atomic E-state index is 12.7. The Balaban J connectivity index is 1.63. The minimum Gasteiger partial charge on any atom is -0.426 e. The third kappa shape index (κ3) is 5.25. The molecule has 1 heterocycles.